The van der Waals surface area contributed by atoms with Gasteiger partial charge in [0.2, 0.25) is 0 Å². The lowest BCUT2D eigenvalue weighted by atomic mass is 9.86. The summed E-state index contributed by atoms with van der Waals surface area (Å²) in [5, 5.41) is 0. The second-order valence-electron chi connectivity index (χ2n) is 13.5. The average molecular weight is 636 g/mol. The van der Waals surface area contributed by atoms with Gasteiger partial charge in [0.25, 0.3) is 0 Å². The Morgan fingerprint density at radius 3 is 1.52 bits per heavy atom. The van der Waals surface area contributed by atoms with Gasteiger partial charge < -0.3 is 0 Å². The largest absolute Gasteiger partial charge is 0.264 e. The number of hydrogen-bond acceptors (Lipinski definition) is 1. The van der Waals surface area contributed by atoms with Gasteiger partial charge in [-0.2, -0.15) is 0 Å². The number of aromatic nitrogens is 1. The lowest BCUT2D eigenvalue weighted by Gasteiger charge is -2.17. The molecule has 0 amide bonds. The van der Waals surface area contributed by atoms with E-state index in [0.717, 1.165) is 0 Å². The Hall–Kier alpha value is -6.31. The van der Waals surface area contributed by atoms with Crippen LogP contribution in [0.4, 0.5) is 0 Å². The molecular formula is C49H33N. The number of hydrogen-bond donors (Lipinski definition) is 0. The first-order valence-corrected chi connectivity index (χ1v) is 17.4. The molecule has 0 saturated heterocycles. The summed E-state index contributed by atoms with van der Waals surface area (Å²) >= 11 is 0. The topological polar surface area (TPSA) is 12.9 Å². The molecule has 0 saturated carbocycles. The molecule has 0 spiro atoms. The van der Waals surface area contributed by atoms with Crippen molar-refractivity contribution in [3.63, 3.8) is 0 Å². The van der Waals surface area contributed by atoms with E-state index in [4.69, 9.17) is 0 Å². The van der Waals surface area contributed by atoms with Crippen molar-refractivity contribution in [3.05, 3.63) is 222 Å². The van der Waals surface area contributed by atoms with Crippen molar-refractivity contribution in [2.24, 2.45) is 0 Å². The van der Waals surface area contributed by atoms with Crippen LogP contribution in [0.2, 0.25) is 0 Å². The van der Waals surface area contributed by atoms with Crippen molar-refractivity contribution in [3.8, 4) is 55.6 Å². The van der Waals surface area contributed by atoms with Crippen molar-refractivity contribution in [1.29, 1.82) is 0 Å². The Bertz CT molecular complexity index is 2530. The van der Waals surface area contributed by atoms with Gasteiger partial charge in [-0.3, -0.25) is 4.98 Å². The Balaban J connectivity index is 1.04. The molecule has 1 heteroatoms. The standard InChI is InChI=1S/C49H33N/c1-3-10-32(11-4-1)34-18-20-35(21-19-34)48-43-25-23-38(30-46(43)47-31-50-27-26-44(47)48)37-22-24-42-45(29-37)40-16-7-8-17-41(40)49(42)39-15-9-14-36(28-39)33-12-5-2-6-13-33/h1-31,48-49H. The van der Waals surface area contributed by atoms with Crippen LogP contribution in [0.5, 0.6) is 0 Å². The predicted molar refractivity (Wildman–Crippen MR) is 206 cm³/mol. The minimum Gasteiger partial charge on any atom is -0.264 e. The number of fused-ring (bicyclic) bond motifs is 6. The molecule has 0 N–H and O–H groups in total. The summed E-state index contributed by atoms with van der Waals surface area (Å²) < 4.78 is 0. The van der Waals surface area contributed by atoms with Crippen LogP contribution >= 0.6 is 0 Å². The Morgan fingerprint density at radius 1 is 0.300 bits per heavy atom. The Kier molecular flexibility index (Phi) is 6.70. The van der Waals surface area contributed by atoms with Gasteiger partial charge in [-0.05, 0) is 102 Å². The van der Waals surface area contributed by atoms with Crippen LogP contribution in [0, 0.1) is 0 Å². The van der Waals surface area contributed by atoms with Crippen molar-refractivity contribution in [2.75, 3.05) is 0 Å². The molecule has 10 rings (SSSR count). The van der Waals surface area contributed by atoms with E-state index in [2.05, 4.69) is 181 Å². The van der Waals surface area contributed by atoms with E-state index in [1.807, 2.05) is 12.4 Å². The van der Waals surface area contributed by atoms with E-state index in [-0.39, 0.29) is 11.8 Å². The van der Waals surface area contributed by atoms with E-state index in [1.165, 1.54) is 89.0 Å². The summed E-state index contributed by atoms with van der Waals surface area (Å²) in [6.07, 6.45) is 3.98. The van der Waals surface area contributed by atoms with Crippen LogP contribution in [0.3, 0.4) is 0 Å². The lowest BCUT2D eigenvalue weighted by Crippen LogP contribution is -2.00. The Morgan fingerprint density at radius 2 is 0.800 bits per heavy atom. The normalized spacial score (nSPS) is 15.2. The van der Waals surface area contributed by atoms with Crippen LogP contribution in [0.25, 0.3) is 55.6 Å². The van der Waals surface area contributed by atoms with Gasteiger partial charge >= 0.3 is 0 Å². The van der Waals surface area contributed by atoms with E-state index in [0.29, 0.717) is 0 Å². The zero-order chi connectivity index (χ0) is 33.0. The van der Waals surface area contributed by atoms with Crippen LogP contribution in [0.15, 0.2) is 188 Å². The zero-order valence-corrected chi connectivity index (χ0v) is 27.5. The average Bonchev–Trinajstić information content (AvgIpc) is 3.71. The first kappa shape index (κ1) is 28.7. The fourth-order valence-electron chi connectivity index (χ4n) is 8.40. The molecular weight excluding hydrogens is 603 g/mol. The molecule has 2 aliphatic carbocycles. The van der Waals surface area contributed by atoms with Crippen molar-refractivity contribution < 1.29 is 0 Å². The van der Waals surface area contributed by atoms with Gasteiger partial charge in [0.05, 0.1) is 0 Å². The molecule has 2 unspecified atom stereocenters. The van der Waals surface area contributed by atoms with Gasteiger partial charge in [0.1, 0.15) is 0 Å². The summed E-state index contributed by atoms with van der Waals surface area (Å²) in [6.45, 7) is 0. The van der Waals surface area contributed by atoms with E-state index < -0.39 is 0 Å². The predicted octanol–water partition coefficient (Wildman–Crippen LogP) is 12.4. The molecule has 1 aromatic heterocycles. The first-order valence-electron chi connectivity index (χ1n) is 17.4. The van der Waals surface area contributed by atoms with E-state index in [1.54, 1.807) is 0 Å². The number of rotatable bonds is 5. The molecule has 2 atom stereocenters. The van der Waals surface area contributed by atoms with Crippen molar-refractivity contribution in [1.82, 2.24) is 4.98 Å². The molecule has 0 fully saturated rings. The third kappa shape index (κ3) is 4.66. The second-order valence-corrected chi connectivity index (χ2v) is 13.5. The minimum absolute atomic E-state index is 0.182. The summed E-state index contributed by atoms with van der Waals surface area (Å²) in [6, 6.07) is 64.8. The highest BCUT2D eigenvalue weighted by Gasteiger charge is 2.32. The summed E-state index contributed by atoms with van der Waals surface area (Å²) in [4.78, 5) is 4.57. The lowest BCUT2D eigenvalue weighted by molar-refractivity contribution is 1.01. The molecule has 2 aliphatic rings. The fourth-order valence-corrected chi connectivity index (χ4v) is 8.40. The maximum absolute atomic E-state index is 4.57. The van der Waals surface area contributed by atoms with Gasteiger partial charge in [0, 0.05) is 29.8 Å². The van der Waals surface area contributed by atoms with Gasteiger partial charge in [-0.25, -0.2) is 0 Å². The SMILES string of the molecule is c1ccc(-c2ccc(C3c4ccncc4-c4cc(-c5ccc6c(c5)-c5ccccc5C6c5cccc(-c6ccccc6)c5)ccc43)cc2)cc1. The highest BCUT2D eigenvalue weighted by Crippen LogP contribution is 2.51. The van der Waals surface area contributed by atoms with Gasteiger partial charge in [0.15, 0.2) is 0 Å². The van der Waals surface area contributed by atoms with Gasteiger partial charge in [-0.15, -0.1) is 0 Å². The van der Waals surface area contributed by atoms with Crippen LogP contribution in [-0.4, -0.2) is 4.98 Å². The maximum Gasteiger partial charge on any atom is 0.0353 e. The molecule has 0 radical (unpaired) electrons. The number of nitrogens with zero attached hydrogens (tertiary/aromatic N) is 1. The summed E-state index contributed by atoms with van der Waals surface area (Å²) in [5.41, 5.74) is 20.6. The number of pyridine rings is 1. The Labute approximate surface area is 293 Å². The number of benzene rings is 7. The maximum atomic E-state index is 4.57. The van der Waals surface area contributed by atoms with E-state index >= 15 is 0 Å². The van der Waals surface area contributed by atoms with Crippen molar-refractivity contribution >= 4 is 0 Å². The molecule has 234 valence electrons. The minimum atomic E-state index is 0.182. The zero-order valence-electron chi connectivity index (χ0n) is 27.5. The second kappa shape index (κ2) is 11.7. The van der Waals surface area contributed by atoms with Crippen LogP contribution < -0.4 is 0 Å². The molecule has 8 aromatic rings. The highest BCUT2D eigenvalue weighted by atomic mass is 14.6. The molecule has 1 heterocycles. The fraction of sp³-hybridized carbons (Fsp3) is 0.0408. The molecule has 50 heavy (non-hydrogen) atoms. The smallest absolute Gasteiger partial charge is 0.0353 e. The van der Waals surface area contributed by atoms with Crippen LogP contribution in [-0.2, 0) is 0 Å². The van der Waals surface area contributed by atoms with Gasteiger partial charge in [-0.1, -0.05) is 158 Å². The quantitative estimate of drug-likeness (QED) is 0.183. The first-order chi connectivity index (χ1) is 24.8. The third-order valence-electron chi connectivity index (χ3n) is 10.8. The summed E-state index contributed by atoms with van der Waals surface area (Å²) in [5.74, 6) is 0.382. The monoisotopic (exact) mass is 635 g/mol. The molecule has 1 nitrogen and oxygen atoms in total. The van der Waals surface area contributed by atoms with Crippen molar-refractivity contribution in [2.45, 2.75) is 11.8 Å². The third-order valence-corrected chi connectivity index (χ3v) is 10.8. The summed E-state index contributed by atoms with van der Waals surface area (Å²) in [7, 11) is 0. The molecule has 0 bridgehead atoms. The molecule has 0 aliphatic heterocycles. The highest BCUT2D eigenvalue weighted by molar-refractivity contribution is 5.88. The van der Waals surface area contributed by atoms with Crippen LogP contribution in [0.1, 0.15) is 45.2 Å². The molecule has 7 aromatic carbocycles. The van der Waals surface area contributed by atoms with E-state index in [9.17, 15) is 0 Å².